The highest BCUT2D eigenvalue weighted by Gasteiger charge is 2.36. The highest BCUT2D eigenvalue weighted by Crippen LogP contribution is 2.39. The molecule has 1 saturated carbocycles. The van der Waals surface area contributed by atoms with Crippen LogP contribution in [0, 0.1) is 5.92 Å². The number of carboxylic acid groups (broad SMARTS) is 1. The predicted molar refractivity (Wildman–Crippen MR) is 46.7 cm³/mol. The Morgan fingerprint density at radius 1 is 1.58 bits per heavy atom. The van der Waals surface area contributed by atoms with E-state index in [1.54, 1.807) is 0 Å². The first-order valence-corrected chi connectivity index (χ1v) is 4.19. The minimum absolute atomic E-state index is 0.0476. The van der Waals surface area contributed by atoms with Crippen molar-refractivity contribution >= 4 is 5.97 Å². The van der Waals surface area contributed by atoms with Gasteiger partial charge in [0.25, 0.3) is 0 Å². The van der Waals surface area contributed by atoms with Gasteiger partial charge in [-0.05, 0) is 32.6 Å². The van der Waals surface area contributed by atoms with Crippen LogP contribution in [0.15, 0.2) is 12.3 Å². The Morgan fingerprint density at radius 2 is 2.17 bits per heavy atom. The molecule has 1 aliphatic rings. The molecule has 0 spiro atoms. The van der Waals surface area contributed by atoms with E-state index in [1.165, 1.54) is 19.0 Å². The van der Waals surface area contributed by atoms with E-state index in [4.69, 9.17) is 5.11 Å². The molecular weight excluding hydrogens is 154 g/mol. The van der Waals surface area contributed by atoms with Gasteiger partial charge in [0.2, 0.25) is 0 Å². The van der Waals surface area contributed by atoms with Crippen molar-refractivity contribution in [3.8, 4) is 0 Å². The first-order valence-electron chi connectivity index (χ1n) is 4.19. The van der Waals surface area contributed by atoms with E-state index < -0.39 is 5.97 Å². The maximum absolute atomic E-state index is 10.1. The molecule has 68 valence electrons. The summed E-state index contributed by atoms with van der Waals surface area (Å²) in [5.41, 5.74) is 0.0476. The summed E-state index contributed by atoms with van der Waals surface area (Å²) in [5.74, 6) is -0.204. The minimum atomic E-state index is -0.908. The monoisotopic (exact) mass is 169 g/mol. The fourth-order valence-corrected chi connectivity index (χ4v) is 1.25. The third kappa shape index (κ3) is 2.57. The molecule has 3 heteroatoms. The number of nitrogens with one attached hydrogen (secondary N) is 1. The molecule has 3 nitrogen and oxygen atoms in total. The summed E-state index contributed by atoms with van der Waals surface area (Å²) in [5, 5.41) is 11.4. The van der Waals surface area contributed by atoms with E-state index >= 15 is 0 Å². The van der Waals surface area contributed by atoms with Gasteiger partial charge in [0.15, 0.2) is 0 Å². The van der Waals surface area contributed by atoms with E-state index in [-0.39, 0.29) is 5.54 Å². The van der Waals surface area contributed by atoms with E-state index in [0.29, 0.717) is 5.92 Å². The van der Waals surface area contributed by atoms with E-state index in [2.05, 4.69) is 19.2 Å². The molecule has 0 radical (unpaired) electrons. The lowest BCUT2D eigenvalue weighted by molar-refractivity contribution is -0.131. The lowest BCUT2D eigenvalue weighted by Crippen LogP contribution is -2.37. The van der Waals surface area contributed by atoms with Crippen LogP contribution in [0.3, 0.4) is 0 Å². The molecule has 0 aromatic rings. The fourth-order valence-electron chi connectivity index (χ4n) is 1.25. The lowest BCUT2D eigenvalue weighted by atomic mass is 9.99. The van der Waals surface area contributed by atoms with Crippen LogP contribution in [0.2, 0.25) is 0 Å². The van der Waals surface area contributed by atoms with Crippen molar-refractivity contribution in [2.24, 2.45) is 5.92 Å². The van der Waals surface area contributed by atoms with Crippen molar-refractivity contribution < 1.29 is 9.90 Å². The Hall–Kier alpha value is -0.990. The number of hydrogen-bond donors (Lipinski definition) is 2. The third-order valence-corrected chi connectivity index (χ3v) is 2.28. The Balaban J connectivity index is 2.34. The SMILES string of the molecule is CC(C)(N/C=C/C(=O)O)C1CC1. The molecule has 0 aromatic heterocycles. The quantitative estimate of drug-likeness (QED) is 0.625. The smallest absolute Gasteiger partial charge is 0.329 e. The van der Waals surface area contributed by atoms with Gasteiger partial charge < -0.3 is 10.4 Å². The van der Waals surface area contributed by atoms with Gasteiger partial charge in [-0.1, -0.05) is 0 Å². The average Bonchev–Trinajstić information content (AvgIpc) is 2.65. The van der Waals surface area contributed by atoms with E-state index in [1.807, 2.05) is 0 Å². The van der Waals surface area contributed by atoms with Crippen LogP contribution in [0.25, 0.3) is 0 Å². The summed E-state index contributed by atoms with van der Waals surface area (Å²) >= 11 is 0. The van der Waals surface area contributed by atoms with Crippen LogP contribution in [0.4, 0.5) is 0 Å². The highest BCUT2D eigenvalue weighted by molar-refractivity contribution is 5.79. The van der Waals surface area contributed by atoms with Crippen molar-refractivity contribution in [1.82, 2.24) is 5.32 Å². The summed E-state index contributed by atoms with van der Waals surface area (Å²) in [4.78, 5) is 10.1. The predicted octanol–water partition coefficient (Wildman–Crippen LogP) is 1.36. The van der Waals surface area contributed by atoms with Gasteiger partial charge in [0, 0.05) is 17.8 Å². The molecule has 12 heavy (non-hydrogen) atoms. The summed E-state index contributed by atoms with van der Waals surface area (Å²) in [6.07, 6.45) is 5.15. The molecule has 1 aliphatic carbocycles. The van der Waals surface area contributed by atoms with E-state index in [0.717, 1.165) is 6.08 Å². The molecule has 1 rings (SSSR count). The Kier molecular flexibility index (Phi) is 2.40. The second kappa shape index (κ2) is 3.17. The molecule has 0 bridgehead atoms. The molecule has 0 aromatic carbocycles. The fraction of sp³-hybridized carbons (Fsp3) is 0.667. The Bertz CT molecular complexity index is 205. The summed E-state index contributed by atoms with van der Waals surface area (Å²) in [6, 6.07) is 0. The normalized spacial score (nSPS) is 18.2. The molecular formula is C9H15NO2. The lowest BCUT2D eigenvalue weighted by Gasteiger charge is -2.24. The second-order valence-electron chi connectivity index (χ2n) is 3.81. The zero-order valence-corrected chi connectivity index (χ0v) is 7.50. The van der Waals surface area contributed by atoms with Crippen LogP contribution in [-0.4, -0.2) is 16.6 Å². The molecule has 0 amide bonds. The van der Waals surface area contributed by atoms with Crippen LogP contribution in [0.1, 0.15) is 26.7 Å². The molecule has 2 N–H and O–H groups in total. The number of carboxylic acids is 1. The molecule has 0 atom stereocenters. The second-order valence-corrected chi connectivity index (χ2v) is 3.81. The first kappa shape index (κ1) is 9.10. The van der Waals surface area contributed by atoms with Gasteiger partial charge in [-0.25, -0.2) is 4.79 Å². The Morgan fingerprint density at radius 3 is 2.58 bits per heavy atom. The van der Waals surface area contributed by atoms with E-state index in [9.17, 15) is 4.79 Å². The van der Waals surface area contributed by atoms with Gasteiger partial charge in [-0.3, -0.25) is 0 Å². The van der Waals surface area contributed by atoms with Crippen molar-refractivity contribution in [3.63, 3.8) is 0 Å². The van der Waals surface area contributed by atoms with Gasteiger partial charge in [0.05, 0.1) is 0 Å². The topological polar surface area (TPSA) is 49.3 Å². The van der Waals surface area contributed by atoms with Crippen LogP contribution in [0.5, 0.6) is 0 Å². The van der Waals surface area contributed by atoms with Crippen molar-refractivity contribution in [1.29, 1.82) is 0 Å². The van der Waals surface area contributed by atoms with Gasteiger partial charge in [0.1, 0.15) is 0 Å². The molecule has 0 heterocycles. The average molecular weight is 169 g/mol. The molecule has 0 aliphatic heterocycles. The maximum atomic E-state index is 10.1. The number of carbonyl (C=O) groups is 1. The number of aliphatic carboxylic acids is 1. The highest BCUT2D eigenvalue weighted by atomic mass is 16.4. The van der Waals surface area contributed by atoms with Crippen molar-refractivity contribution in [2.75, 3.05) is 0 Å². The van der Waals surface area contributed by atoms with Gasteiger partial charge in [-0.15, -0.1) is 0 Å². The van der Waals surface area contributed by atoms with Crippen LogP contribution < -0.4 is 5.32 Å². The zero-order valence-electron chi connectivity index (χ0n) is 7.50. The molecule has 0 saturated heterocycles. The summed E-state index contributed by atoms with van der Waals surface area (Å²) in [6.45, 7) is 4.19. The van der Waals surface area contributed by atoms with Crippen molar-refractivity contribution in [3.05, 3.63) is 12.3 Å². The number of hydrogen-bond acceptors (Lipinski definition) is 2. The summed E-state index contributed by atoms with van der Waals surface area (Å²) < 4.78 is 0. The van der Waals surface area contributed by atoms with Crippen LogP contribution in [-0.2, 0) is 4.79 Å². The molecule has 0 unspecified atom stereocenters. The number of rotatable bonds is 4. The third-order valence-electron chi connectivity index (χ3n) is 2.28. The molecule has 1 fully saturated rings. The van der Waals surface area contributed by atoms with Gasteiger partial charge >= 0.3 is 5.97 Å². The van der Waals surface area contributed by atoms with Crippen LogP contribution >= 0.6 is 0 Å². The van der Waals surface area contributed by atoms with Crippen molar-refractivity contribution in [2.45, 2.75) is 32.2 Å². The first-order chi connectivity index (χ1) is 5.52. The maximum Gasteiger partial charge on any atom is 0.329 e. The standard InChI is InChI=1S/C9H15NO2/c1-9(2,7-3-4-7)10-6-5-8(11)12/h5-7,10H,3-4H2,1-2H3,(H,11,12)/b6-5+. The summed E-state index contributed by atoms with van der Waals surface area (Å²) in [7, 11) is 0. The Labute approximate surface area is 72.5 Å². The van der Waals surface area contributed by atoms with Gasteiger partial charge in [-0.2, -0.15) is 0 Å². The minimum Gasteiger partial charge on any atom is -0.478 e. The largest absolute Gasteiger partial charge is 0.478 e. The zero-order chi connectivity index (χ0) is 9.19.